The molecule has 0 spiro atoms. The number of hydrogen-bond donors (Lipinski definition) is 1. The van der Waals surface area contributed by atoms with Gasteiger partial charge in [0.2, 0.25) is 0 Å². The molecule has 0 unspecified atom stereocenters. The third-order valence-corrected chi connectivity index (χ3v) is 3.00. The molecule has 1 aromatic rings. The van der Waals surface area contributed by atoms with Gasteiger partial charge in [0.1, 0.15) is 16.1 Å². The number of H-pyrrole nitrogens is 1. The number of aromatic nitrogens is 2. The molecule has 1 aromatic heterocycles. The van der Waals surface area contributed by atoms with Crippen molar-refractivity contribution in [1.29, 1.82) is 0 Å². The molecule has 0 aliphatic carbocycles. The molecule has 4 heteroatoms. The van der Waals surface area contributed by atoms with E-state index >= 15 is 0 Å². The molecule has 1 rings (SSSR count). The average Bonchev–Trinajstić information content (AvgIpc) is 2.17. The van der Waals surface area contributed by atoms with E-state index in [-0.39, 0.29) is 0 Å². The van der Waals surface area contributed by atoms with Gasteiger partial charge < -0.3 is 9.72 Å². The van der Waals surface area contributed by atoms with Crippen LogP contribution in [0.25, 0.3) is 0 Å². The molecule has 0 atom stereocenters. The molecule has 0 bridgehead atoms. The first-order valence-electron chi connectivity index (χ1n) is 5.07. The lowest BCUT2D eigenvalue weighted by Gasteiger charge is -2.22. The highest BCUT2D eigenvalue weighted by molar-refractivity contribution is 7.71. The molecule has 0 fully saturated rings. The van der Waals surface area contributed by atoms with E-state index in [2.05, 4.69) is 16.9 Å². The maximum atomic E-state index is 5.37. The van der Waals surface area contributed by atoms with E-state index < -0.39 is 5.60 Å². The van der Waals surface area contributed by atoms with E-state index in [1.807, 2.05) is 20.8 Å². The van der Waals surface area contributed by atoms with Crippen molar-refractivity contribution in [2.75, 3.05) is 7.11 Å². The van der Waals surface area contributed by atoms with Crippen molar-refractivity contribution in [3.63, 3.8) is 0 Å². The van der Waals surface area contributed by atoms with Crippen LogP contribution in [-0.2, 0) is 16.8 Å². The van der Waals surface area contributed by atoms with Crippen LogP contribution < -0.4 is 0 Å². The zero-order chi connectivity index (χ0) is 11.6. The SMILES string of the molecule is CCc1c(C)[nH]c(C(C)(C)OC)nc1=S. The summed E-state index contributed by atoms with van der Waals surface area (Å²) in [5, 5.41) is 0. The summed E-state index contributed by atoms with van der Waals surface area (Å²) in [6, 6.07) is 0. The average molecular weight is 226 g/mol. The lowest BCUT2D eigenvalue weighted by Crippen LogP contribution is -2.24. The van der Waals surface area contributed by atoms with E-state index in [0.717, 1.165) is 23.5 Å². The monoisotopic (exact) mass is 226 g/mol. The van der Waals surface area contributed by atoms with E-state index in [9.17, 15) is 0 Å². The summed E-state index contributed by atoms with van der Waals surface area (Å²) < 4.78 is 6.04. The Bertz CT molecular complexity index is 410. The van der Waals surface area contributed by atoms with Crippen molar-refractivity contribution >= 4 is 12.2 Å². The van der Waals surface area contributed by atoms with Gasteiger partial charge in [0.25, 0.3) is 0 Å². The maximum absolute atomic E-state index is 5.37. The first-order valence-corrected chi connectivity index (χ1v) is 5.48. The standard InChI is InChI=1S/C11H18N2OS/c1-6-8-7(2)12-10(13-9(8)15)11(3,4)14-5/h6H2,1-5H3,(H,12,13,15). The Balaban J connectivity index is 3.32. The van der Waals surface area contributed by atoms with Crippen LogP contribution in [0.5, 0.6) is 0 Å². The second-order valence-corrected chi connectivity index (χ2v) is 4.45. The summed E-state index contributed by atoms with van der Waals surface area (Å²) in [5.74, 6) is 0.782. The Labute approximate surface area is 95.9 Å². The van der Waals surface area contributed by atoms with Crippen molar-refractivity contribution in [1.82, 2.24) is 9.97 Å². The molecular formula is C11H18N2OS. The van der Waals surface area contributed by atoms with Gasteiger partial charge in [-0.2, -0.15) is 0 Å². The third kappa shape index (κ3) is 2.44. The molecule has 0 saturated carbocycles. The van der Waals surface area contributed by atoms with Crippen LogP contribution in [0, 0.1) is 11.6 Å². The van der Waals surface area contributed by atoms with Crippen LogP contribution in [0.1, 0.15) is 37.9 Å². The number of methoxy groups -OCH3 is 1. The second kappa shape index (κ2) is 4.41. The first kappa shape index (κ1) is 12.3. The number of nitrogens with zero attached hydrogens (tertiary/aromatic N) is 1. The molecule has 0 aliphatic rings. The Morgan fingerprint density at radius 3 is 2.47 bits per heavy atom. The van der Waals surface area contributed by atoms with Gasteiger partial charge in [-0.05, 0) is 27.2 Å². The third-order valence-electron chi connectivity index (χ3n) is 2.66. The van der Waals surface area contributed by atoms with Gasteiger partial charge in [0.15, 0.2) is 0 Å². The molecule has 0 saturated heterocycles. The molecular weight excluding hydrogens is 208 g/mol. The minimum absolute atomic E-state index is 0.426. The minimum atomic E-state index is -0.426. The Morgan fingerprint density at radius 2 is 2.07 bits per heavy atom. The van der Waals surface area contributed by atoms with Gasteiger partial charge >= 0.3 is 0 Å². The number of ether oxygens (including phenoxy) is 1. The highest BCUT2D eigenvalue weighted by Gasteiger charge is 2.23. The van der Waals surface area contributed by atoms with E-state index in [1.165, 1.54) is 0 Å². The van der Waals surface area contributed by atoms with Gasteiger partial charge in [-0.1, -0.05) is 19.1 Å². The molecule has 0 aliphatic heterocycles. The highest BCUT2D eigenvalue weighted by Crippen LogP contribution is 2.21. The molecule has 15 heavy (non-hydrogen) atoms. The van der Waals surface area contributed by atoms with Crippen LogP contribution in [0.15, 0.2) is 0 Å². The summed E-state index contributed by atoms with van der Waals surface area (Å²) in [6.07, 6.45) is 0.905. The van der Waals surface area contributed by atoms with Crippen molar-refractivity contribution < 1.29 is 4.74 Å². The van der Waals surface area contributed by atoms with Crippen LogP contribution in [0.3, 0.4) is 0 Å². The summed E-state index contributed by atoms with van der Waals surface area (Å²) in [6.45, 7) is 8.03. The number of aryl methyl sites for hydroxylation is 1. The fourth-order valence-electron chi connectivity index (χ4n) is 1.41. The normalized spacial score (nSPS) is 11.8. The van der Waals surface area contributed by atoms with Gasteiger partial charge in [0.05, 0.1) is 0 Å². The molecule has 3 nitrogen and oxygen atoms in total. The Morgan fingerprint density at radius 1 is 1.47 bits per heavy atom. The Hall–Kier alpha value is -0.740. The van der Waals surface area contributed by atoms with Gasteiger partial charge in [-0.3, -0.25) is 0 Å². The van der Waals surface area contributed by atoms with Crippen molar-refractivity contribution in [3.8, 4) is 0 Å². The quantitative estimate of drug-likeness (QED) is 0.805. The second-order valence-electron chi connectivity index (χ2n) is 4.06. The van der Waals surface area contributed by atoms with Crippen molar-refractivity contribution in [2.45, 2.75) is 39.7 Å². The van der Waals surface area contributed by atoms with Gasteiger partial charge in [0, 0.05) is 18.4 Å². The van der Waals surface area contributed by atoms with Crippen LogP contribution >= 0.6 is 12.2 Å². The Kier molecular flexibility index (Phi) is 3.62. The topological polar surface area (TPSA) is 37.9 Å². The predicted octanol–water partition coefficient (Wildman–Crippen LogP) is 2.89. The number of nitrogens with one attached hydrogen (secondary N) is 1. The molecule has 84 valence electrons. The van der Waals surface area contributed by atoms with Gasteiger partial charge in [-0.15, -0.1) is 0 Å². The van der Waals surface area contributed by atoms with E-state index in [4.69, 9.17) is 17.0 Å². The zero-order valence-corrected chi connectivity index (χ0v) is 10.8. The summed E-state index contributed by atoms with van der Waals surface area (Å²) in [4.78, 5) is 7.64. The summed E-state index contributed by atoms with van der Waals surface area (Å²) in [7, 11) is 1.67. The summed E-state index contributed by atoms with van der Waals surface area (Å²) in [5.41, 5.74) is 1.77. The predicted molar refractivity (Wildman–Crippen MR) is 63.6 cm³/mol. The van der Waals surface area contributed by atoms with E-state index in [1.54, 1.807) is 7.11 Å². The molecule has 0 amide bonds. The number of hydrogen-bond acceptors (Lipinski definition) is 3. The van der Waals surface area contributed by atoms with Crippen LogP contribution in [0.2, 0.25) is 0 Å². The largest absolute Gasteiger partial charge is 0.371 e. The maximum Gasteiger partial charge on any atom is 0.139 e. The molecule has 1 N–H and O–H groups in total. The minimum Gasteiger partial charge on any atom is -0.371 e. The van der Waals surface area contributed by atoms with Crippen molar-refractivity contribution in [2.24, 2.45) is 0 Å². The number of rotatable bonds is 3. The smallest absolute Gasteiger partial charge is 0.139 e. The van der Waals surface area contributed by atoms with Gasteiger partial charge in [-0.25, -0.2) is 4.98 Å². The fraction of sp³-hybridized carbons (Fsp3) is 0.636. The van der Waals surface area contributed by atoms with Crippen LogP contribution in [-0.4, -0.2) is 17.1 Å². The molecule has 0 radical (unpaired) electrons. The number of aromatic amines is 1. The molecule has 0 aromatic carbocycles. The van der Waals surface area contributed by atoms with Crippen molar-refractivity contribution in [3.05, 3.63) is 21.7 Å². The fourth-order valence-corrected chi connectivity index (χ4v) is 1.80. The summed E-state index contributed by atoms with van der Waals surface area (Å²) >= 11 is 5.26. The zero-order valence-electron chi connectivity index (χ0n) is 9.97. The first-order chi connectivity index (χ1) is 6.92. The lowest BCUT2D eigenvalue weighted by atomic mass is 10.1. The lowest BCUT2D eigenvalue weighted by molar-refractivity contribution is 0.0112. The van der Waals surface area contributed by atoms with Crippen LogP contribution in [0.4, 0.5) is 0 Å². The highest BCUT2D eigenvalue weighted by atomic mass is 32.1. The molecule has 1 heterocycles. The van der Waals surface area contributed by atoms with E-state index in [0.29, 0.717) is 4.64 Å².